The van der Waals surface area contributed by atoms with Gasteiger partial charge in [0.2, 0.25) is 0 Å². The third kappa shape index (κ3) is 2.43. The van der Waals surface area contributed by atoms with Crippen LogP contribution in [0, 0.1) is 5.41 Å². The Morgan fingerprint density at radius 1 is 1.27 bits per heavy atom. The molecule has 0 radical (unpaired) electrons. The molecule has 0 fully saturated rings. The Labute approximate surface area is 89.1 Å². The van der Waals surface area contributed by atoms with Crippen LogP contribution in [0.1, 0.15) is 24.2 Å². The molecule has 0 aromatic heterocycles. The van der Waals surface area contributed by atoms with Gasteiger partial charge in [-0.05, 0) is 38.1 Å². The van der Waals surface area contributed by atoms with Gasteiger partial charge in [-0.3, -0.25) is 4.79 Å². The number of ether oxygens (including phenoxy) is 1. The average Bonchev–Trinajstić information content (AvgIpc) is 2.28. The Morgan fingerprint density at radius 2 is 1.80 bits per heavy atom. The Balaban J connectivity index is 2.97. The topological polar surface area (TPSA) is 43.4 Å². The number of rotatable bonds is 4. The second-order valence-corrected chi connectivity index (χ2v) is 3.90. The van der Waals surface area contributed by atoms with Crippen molar-refractivity contribution >= 4 is 12.1 Å². The van der Waals surface area contributed by atoms with Gasteiger partial charge in [0.05, 0.1) is 12.5 Å². The fraction of sp³-hybridized carbons (Fsp3) is 0.333. The van der Waals surface area contributed by atoms with E-state index in [1.54, 1.807) is 45.2 Å². The summed E-state index contributed by atoms with van der Waals surface area (Å²) in [4.78, 5) is 22.5. The lowest BCUT2D eigenvalue weighted by molar-refractivity contribution is -0.112. The van der Waals surface area contributed by atoms with Crippen molar-refractivity contribution in [2.45, 2.75) is 13.8 Å². The van der Waals surface area contributed by atoms with E-state index in [1.807, 2.05) is 0 Å². The predicted octanol–water partition coefficient (Wildman–Crippen LogP) is 2.10. The van der Waals surface area contributed by atoms with Gasteiger partial charge < -0.3 is 9.53 Å². The van der Waals surface area contributed by atoms with Crippen LogP contribution in [-0.4, -0.2) is 19.2 Å². The maximum absolute atomic E-state index is 11.8. The summed E-state index contributed by atoms with van der Waals surface area (Å²) in [6, 6.07) is 6.72. The quantitative estimate of drug-likeness (QED) is 0.430. The Bertz CT molecular complexity index is 363. The Kier molecular flexibility index (Phi) is 3.24. The molecule has 0 saturated carbocycles. The van der Waals surface area contributed by atoms with Crippen LogP contribution in [0.3, 0.4) is 0 Å². The Morgan fingerprint density at radius 3 is 2.20 bits per heavy atom. The van der Waals surface area contributed by atoms with Crippen molar-refractivity contribution < 1.29 is 14.3 Å². The van der Waals surface area contributed by atoms with Gasteiger partial charge in [0, 0.05) is 5.56 Å². The number of carbonyl (C=O) groups excluding carboxylic acids is 2. The van der Waals surface area contributed by atoms with Crippen LogP contribution in [-0.2, 0) is 4.79 Å². The third-order valence-corrected chi connectivity index (χ3v) is 2.23. The van der Waals surface area contributed by atoms with E-state index in [0.717, 1.165) is 0 Å². The molecule has 0 atom stereocenters. The van der Waals surface area contributed by atoms with Crippen LogP contribution >= 0.6 is 0 Å². The van der Waals surface area contributed by atoms with Crippen molar-refractivity contribution in [3.8, 4) is 5.75 Å². The number of hydrogen-bond donors (Lipinski definition) is 0. The summed E-state index contributed by atoms with van der Waals surface area (Å²) in [5.41, 5.74) is -0.442. The number of methoxy groups -OCH3 is 1. The maximum Gasteiger partial charge on any atom is 0.175 e. The zero-order chi connectivity index (χ0) is 11.5. The molecule has 0 aliphatic carbocycles. The maximum atomic E-state index is 11.8. The van der Waals surface area contributed by atoms with Gasteiger partial charge in [-0.2, -0.15) is 0 Å². The van der Waals surface area contributed by atoms with E-state index in [4.69, 9.17) is 4.74 Å². The molecule has 1 aromatic rings. The van der Waals surface area contributed by atoms with E-state index >= 15 is 0 Å². The molecule has 0 bridgehead atoms. The van der Waals surface area contributed by atoms with Crippen LogP contribution < -0.4 is 4.74 Å². The monoisotopic (exact) mass is 206 g/mol. The second-order valence-electron chi connectivity index (χ2n) is 3.90. The van der Waals surface area contributed by atoms with Gasteiger partial charge in [-0.25, -0.2) is 0 Å². The van der Waals surface area contributed by atoms with Gasteiger partial charge >= 0.3 is 0 Å². The van der Waals surface area contributed by atoms with E-state index in [1.165, 1.54) is 0 Å². The first kappa shape index (κ1) is 11.4. The molecule has 1 aromatic carbocycles. The van der Waals surface area contributed by atoms with Crippen LogP contribution in [0.25, 0.3) is 0 Å². The number of benzene rings is 1. The molecular weight excluding hydrogens is 192 g/mol. The van der Waals surface area contributed by atoms with Gasteiger partial charge in [0.1, 0.15) is 12.0 Å². The third-order valence-electron chi connectivity index (χ3n) is 2.23. The first-order valence-corrected chi connectivity index (χ1v) is 4.66. The molecule has 0 saturated heterocycles. The van der Waals surface area contributed by atoms with E-state index in [0.29, 0.717) is 17.6 Å². The molecule has 0 aliphatic heterocycles. The molecule has 80 valence electrons. The van der Waals surface area contributed by atoms with E-state index in [2.05, 4.69) is 0 Å². The average molecular weight is 206 g/mol. The second kappa shape index (κ2) is 4.26. The molecule has 15 heavy (non-hydrogen) atoms. The summed E-state index contributed by atoms with van der Waals surface area (Å²) >= 11 is 0. The minimum absolute atomic E-state index is 0.180. The van der Waals surface area contributed by atoms with Crippen molar-refractivity contribution in [3.05, 3.63) is 29.8 Å². The number of Topliss-reactive ketones (excluding diaryl/α,β-unsaturated/α-hetero) is 1. The summed E-state index contributed by atoms with van der Waals surface area (Å²) in [7, 11) is 1.56. The first-order chi connectivity index (χ1) is 7.01. The zero-order valence-corrected chi connectivity index (χ0v) is 9.11. The number of carbonyl (C=O) groups is 2. The Hall–Kier alpha value is -1.64. The highest BCUT2D eigenvalue weighted by atomic mass is 16.5. The lowest BCUT2D eigenvalue weighted by atomic mass is 9.86. The lowest BCUT2D eigenvalue weighted by Gasteiger charge is -2.15. The summed E-state index contributed by atoms with van der Waals surface area (Å²) in [5.74, 6) is 0.510. The molecule has 0 spiro atoms. The molecule has 0 heterocycles. The van der Waals surface area contributed by atoms with Gasteiger partial charge in [-0.1, -0.05) is 0 Å². The molecule has 1 rings (SSSR count). The molecule has 0 N–H and O–H groups in total. The minimum atomic E-state index is -0.964. The molecule has 0 amide bonds. The summed E-state index contributed by atoms with van der Waals surface area (Å²) in [6.07, 6.45) is 0.666. The van der Waals surface area contributed by atoms with Crippen molar-refractivity contribution in [3.63, 3.8) is 0 Å². The van der Waals surface area contributed by atoms with Crippen LogP contribution in [0.2, 0.25) is 0 Å². The number of aldehydes is 1. The summed E-state index contributed by atoms with van der Waals surface area (Å²) in [6.45, 7) is 3.21. The van der Waals surface area contributed by atoms with Crippen molar-refractivity contribution in [1.29, 1.82) is 0 Å². The molecule has 3 heteroatoms. The lowest BCUT2D eigenvalue weighted by Crippen LogP contribution is -2.25. The minimum Gasteiger partial charge on any atom is -0.497 e. The molecule has 0 aliphatic rings. The van der Waals surface area contributed by atoms with Crippen molar-refractivity contribution in [2.75, 3.05) is 7.11 Å². The molecule has 0 unspecified atom stereocenters. The smallest absolute Gasteiger partial charge is 0.175 e. The normalized spacial score (nSPS) is 10.9. The van der Waals surface area contributed by atoms with Crippen LogP contribution in [0.4, 0.5) is 0 Å². The summed E-state index contributed by atoms with van der Waals surface area (Å²) in [5, 5.41) is 0. The van der Waals surface area contributed by atoms with E-state index in [9.17, 15) is 9.59 Å². The predicted molar refractivity (Wildman–Crippen MR) is 57.2 cm³/mol. The highest BCUT2D eigenvalue weighted by Gasteiger charge is 2.27. The van der Waals surface area contributed by atoms with Crippen LogP contribution in [0.15, 0.2) is 24.3 Å². The number of ketones is 1. The van der Waals surface area contributed by atoms with Crippen molar-refractivity contribution in [1.82, 2.24) is 0 Å². The fourth-order valence-corrected chi connectivity index (χ4v) is 1.17. The molecular formula is C12H14O3. The largest absolute Gasteiger partial charge is 0.497 e. The zero-order valence-electron chi connectivity index (χ0n) is 9.11. The number of hydrogen-bond acceptors (Lipinski definition) is 3. The highest BCUT2D eigenvalue weighted by Crippen LogP contribution is 2.21. The van der Waals surface area contributed by atoms with Crippen molar-refractivity contribution in [2.24, 2.45) is 5.41 Å². The summed E-state index contributed by atoms with van der Waals surface area (Å²) < 4.78 is 4.98. The SMILES string of the molecule is COc1ccc(C(=O)C(C)(C)C=O)cc1. The fourth-order valence-electron chi connectivity index (χ4n) is 1.17. The first-order valence-electron chi connectivity index (χ1n) is 4.66. The van der Waals surface area contributed by atoms with Gasteiger partial charge in [0.25, 0.3) is 0 Å². The molecule has 3 nitrogen and oxygen atoms in total. The highest BCUT2D eigenvalue weighted by molar-refractivity contribution is 6.08. The van der Waals surface area contributed by atoms with Crippen LogP contribution in [0.5, 0.6) is 5.75 Å². The van der Waals surface area contributed by atoms with Gasteiger partial charge in [-0.15, -0.1) is 0 Å². The standard InChI is InChI=1S/C12H14O3/c1-12(2,8-13)11(14)9-4-6-10(15-3)7-5-9/h4-8H,1-3H3. The van der Waals surface area contributed by atoms with Gasteiger partial charge in [0.15, 0.2) is 5.78 Å². The van der Waals surface area contributed by atoms with E-state index in [-0.39, 0.29) is 5.78 Å². The van der Waals surface area contributed by atoms with E-state index < -0.39 is 5.41 Å².